The predicted molar refractivity (Wildman–Crippen MR) is 110 cm³/mol. The Hall–Kier alpha value is -2.98. The van der Waals surface area contributed by atoms with Crippen LogP contribution in [-0.4, -0.2) is 44.2 Å². The van der Waals surface area contributed by atoms with Crippen LogP contribution in [0.5, 0.6) is 5.75 Å². The van der Waals surface area contributed by atoms with Crippen molar-refractivity contribution in [3.8, 4) is 5.75 Å². The zero-order chi connectivity index (χ0) is 22.3. The van der Waals surface area contributed by atoms with Gasteiger partial charge < -0.3 is 15.8 Å². The Morgan fingerprint density at radius 2 is 1.80 bits per heavy atom. The first-order valence-electron chi connectivity index (χ1n) is 9.31. The summed E-state index contributed by atoms with van der Waals surface area (Å²) in [6.07, 6.45) is 0.00677. The molecule has 0 fully saturated rings. The lowest BCUT2D eigenvalue weighted by Gasteiger charge is -2.19. The zero-order valence-electron chi connectivity index (χ0n) is 16.7. The molecule has 8 nitrogen and oxygen atoms in total. The van der Waals surface area contributed by atoms with Crippen LogP contribution in [0.1, 0.15) is 30.6 Å². The summed E-state index contributed by atoms with van der Waals surface area (Å²) in [5, 5.41) is 2.61. The van der Waals surface area contributed by atoms with Crippen molar-refractivity contribution in [3.63, 3.8) is 0 Å². The summed E-state index contributed by atoms with van der Waals surface area (Å²) in [5.41, 5.74) is 5.36. The van der Waals surface area contributed by atoms with Gasteiger partial charge in [-0.15, -0.1) is 0 Å². The van der Waals surface area contributed by atoms with Crippen molar-refractivity contribution in [3.05, 3.63) is 53.8 Å². The SMILES string of the molecule is CCN(CC)S(=O)(=O)c1cc(C(=O)Nc2ccccc2OCCC(N)=O)ccc1F. The van der Waals surface area contributed by atoms with Crippen LogP contribution in [0.2, 0.25) is 0 Å². The summed E-state index contributed by atoms with van der Waals surface area (Å²) in [6.45, 7) is 3.66. The van der Waals surface area contributed by atoms with Crippen molar-refractivity contribution in [2.24, 2.45) is 5.73 Å². The molecule has 2 aromatic carbocycles. The molecule has 0 saturated heterocycles. The highest BCUT2D eigenvalue weighted by atomic mass is 32.2. The van der Waals surface area contributed by atoms with Gasteiger partial charge in [-0.2, -0.15) is 4.31 Å². The molecule has 0 spiro atoms. The summed E-state index contributed by atoms with van der Waals surface area (Å²) in [7, 11) is -4.08. The van der Waals surface area contributed by atoms with Gasteiger partial charge in [0.15, 0.2) is 0 Å². The van der Waals surface area contributed by atoms with Gasteiger partial charge in [-0.25, -0.2) is 12.8 Å². The van der Waals surface area contributed by atoms with Gasteiger partial charge in [0.25, 0.3) is 5.91 Å². The number of ether oxygens (including phenoxy) is 1. The second-order valence-corrected chi connectivity index (χ2v) is 8.16. The van der Waals surface area contributed by atoms with Crippen LogP contribution in [0.4, 0.5) is 10.1 Å². The van der Waals surface area contributed by atoms with E-state index in [0.29, 0.717) is 11.4 Å². The number of carbonyl (C=O) groups excluding carboxylic acids is 2. The van der Waals surface area contributed by atoms with E-state index in [2.05, 4.69) is 5.32 Å². The highest BCUT2D eigenvalue weighted by molar-refractivity contribution is 7.89. The van der Waals surface area contributed by atoms with Gasteiger partial charge in [-0.05, 0) is 30.3 Å². The van der Waals surface area contributed by atoms with E-state index in [4.69, 9.17) is 10.5 Å². The first kappa shape index (κ1) is 23.3. The lowest BCUT2D eigenvalue weighted by atomic mass is 10.2. The molecule has 162 valence electrons. The maximum Gasteiger partial charge on any atom is 0.255 e. The fourth-order valence-corrected chi connectivity index (χ4v) is 4.25. The number of primary amides is 1. The average molecular weight is 437 g/mol. The number of amides is 2. The van der Waals surface area contributed by atoms with Crippen molar-refractivity contribution in [2.45, 2.75) is 25.2 Å². The molecular weight excluding hydrogens is 413 g/mol. The van der Waals surface area contributed by atoms with E-state index in [9.17, 15) is 22.4 Å². The summed E-state index contributed by atoms with van der Waals surface area (Å²) in [5.74, 6) is -1.79. The quantitative estimate of drug-likeness (QED) is 0.591. The van der Waals surface area contributed by atoms with Gasteiger partial charge in [0.1, 0.15) is 16.5 Å². The van der Waals surface area contributed by atoms with Crippen molar-refractivity contribution >= 4 is 27.5 Å². The number of halogens is 1. The Balaban J connectivity index is 2.28. The van der Waals surface area contributed by atoms with E-state index in [1.165, 1.54) is 6.07 Å². The molecule has 0 aliphatic carbocycles. The topological polar surface area (TPSA) is 119 Å². The largest absolute Gasteiger partial charge is 0.491 e. The van der Waals surface area contributed by atoms with Gasteiger partial charge in [-0.3, -0.25) is 9.59 Å². The molecule has 0 aromatic heterocycles. The van der Waals surface area contributed by atoms with Crippen LogP contribution in [0, 0.1) is 5.82 Å². The average Bonchev–Trinajstić information content (AvgIpc) is 2.69. The third-order valence-corrected chi connectivity index (χ3v) is 6.32. The fourth-order valence-electron chi connectivity index (χ4n) is 2.70. The summed E-state index contributed by atoms with van der Waals surface area (Å²) in [6, 6.07) is 9.67. The van der Waals surface area contributed by atoms with Gasteiger partial charge in [0.2, 0.25) is 15.9 Å². The minimum absolute atomic E-state index is 0.00677. The summed E-state index contributed by atoms with van der Waals surface area (Å²) in [4.78, 5) is 23.0. The smallest absolute Gasteiger partial charge is 0.255 e. The lowest BCUT2D eigenvalue weighted by molar-refractivity contribution is -0.118. The Morgan fingerprint density at radius 1 is 1.13 bits per heavy atom. The number of carbonyl (C=O) groups is 2. The van der Waals surface area contributed by atoms with Gasteiger partial charge >= 0.3 is 0 Å². The molecule has 0 aliphatic rings. The molecular formula is C20H24FN3O5S. The Bertz CT molecular complexity index is 1020. The van der Waals surface area contributed by atoms with Crippen molar-refractivity contribution in [2.75, 3.05) is 25.0 Å². The van der Waals surface area contributed by atoms with E-state index in [1.54, 1.807) is 38.1 Å². The number of para-hydroxylation sites is 2. The second kappa shape index (κ2) is 10.2. The maximum absolute atomic E-state index is 14.3. The van der Waals surface area contributed by atoms with Crippen molar-refractivity contribution < 1.29 is 27.1 Å². The number of nitrogens with zero attached hydrogens (tertiary/aromatic N) is 1. The molecule has 0 aliphatic heterocycles. The highest BCUT2D eigenvalue weighted by Crippen LogP contribution is 2.26. The van der Waals surface area contributed by atoms with Crippen molar-refractivity contribution in [1.29, 1.82) is 0 Å². The Labute approximate surface area is 174 Å². The molecule has 10 heteroatoms. The number of hydrogen-bond donors (Lipinski definition) is 2. The third kappa shape index (κ3) is 5.55. The molecule has 0 saturated carbocycles. The highest BCUT2D eigenvalue weighted by Gasteiger charge is 2.26. The van der Waals surface area contributed by atoms with Crippen LogP contribution in [0.15, 0.2) is 47.4 Å². The molecule has 2 aromatic rings. The number of nitrogens with one attached hydrogen (secondary N) is 1. The van der Waals surface area contributed by atoms with Gasteiger partial charge in [0.05, 0.1) is 18.7 Å². The van der Waals surface area contributed by atoms with E-state index >= 15 is 0 Å². The summed E-state index contributed by atoms with van der Waals surface area (Å²) < 4.78 is 46.2. The van der Waals surface area contributed by atoms with Crippen molar-refractivity contribution in [1.82, 2.24) is 4.31 Å². The standard InChI is InChI=1S/C20H24FN3O5S/c1-3-24(4-2)30(27,28)18-13-14(9-10-15(18)21)20(26)23-16-7-5-6-8-17(16)29-12-11-19(22)25/h5-10,13H,3-4,11-12H2,1-2H3,(H2,22,25)(H,23,26). The number of benzene rings is 2. The zero-order valence-corrected chi connectivity index (χ0v) is 17.5. The monoisotopic (exact) mass is 437 g/mol. The van der Waals surface area contributed by atoms with Crippen LogP contribution >= 0.6 is 0 Å². The van der Waals surface area contributed by atoms with Gasteiger partial charge in [-0.1, -0.05) is 26.0 Å². The van der Waals surface area contributed by atoms with E-state index < -0.39 is 32.6 Å². The molecule has 0 atom stereocenters. The van der Waals surface area contributed by atoms with Gasteiger partial charge in [0, 0.05) is 18.7 Å². The van der Waals surface area contributed by atoms with Crippen LogP contribution in [0.25, 0.3) is 0 Å². The molecule has 3 N–H and O–H groups in total. The first-order valence-corrected chi connectivity index (χ1v) is 10.8. The minimum atomic E-state index is -4.08. The van der Waals surface area contributed by atoms with E-state index in [1.807, 2.05) is 0 Å². The number of hydrogen-bond acceptors (Lipinski definition) is 5. The number of sulfonamides is 1. The lowest BCUT2D eigenvalue weighted by Crippen LogP contribution is -2.31. The van der Waals surface area contributed by atoms with E-state index in [0.717, 1.165) is 16.4 Å². The minimum Gasteiger partial charge on any atom is -0.491 e. The molecule has 0 bridgehead atoms. The van der Waals surface area contributed by atoms with E-state index in [-0.39, 0.29) is 31.7 Å². The molecule has 0 heterocycles. The Morgan fingerprint density at radius 3 is 2.43 bits per heavy atom. The van der Waals surface area contributed by atoms with Crippen LogP contribution in [0.3, 0.4) is 0 Å². The number of nitrogens with two attached hydrogens (primary N) is 1. The normalized spacial score (nSPS) is 11.3. The fraction of sp³-hybridized carbons (Fsp3) is 0.300. The predicted octanol–water partition coefficient (Wildman–Crippen LogP) is 2.36. The van der Waals surface area contributed by atoms with Crippen LogP contribution in [-0.2, 0) is 14.8 Å². The molecule has 2 rings (SSSR count). The number of rotatable bonds is 10. The molecule has 30 heavy (non-hydrogen) atoms. The first-order chi connectivity index (χ1) is 14.2. The Kier molecular flexibility index (Phi) is 7.90. The molecule has 0 unspecified atom stereocenters. The number of anilines is 1. The molecule has 0 radical (unpaired) electrons. The molecule has 2 amide bonds. The maximum atomic E-state index is 14.3. The third-order valence-electron chi connectivity index (χ3n) is 4.26. The second-order valence-electron chi connectivity index (χ2n) is 6.25. The summed E-state index contributed by atoms with van der Waals surface area (Å²) >= 11 is 0. The van der Waals surface area contributed by atoms with Crippen LogP contribution < -0.4 is 15.8 Å².